The Kier molecular flexibility index (Phi) is 6.65. The average molecular weight is 437 g/mol. The number of carbonyl (C=O) groups is 2. The van der Waals surface area contributed by atoms with E-state index in [0.29, 0.717) is 12.0 Å². The van der Waals surface area contributed by atoms with Crippen molar-refractivity contribution in [1.82, 2.24) is 0 Å². The predicted octanol–water partition coefficient (Wildman–Crippen LogP) is 6.09. The van der Waals surface area contributed by atoms with Gasteiger partial charge in [0, 0.05) is 6.42 Å². The second kappa shape index (κ2) is 9.96. The highest BCUT2D eigenvalue weighted by atomic mass is 16.3. The Bertz CT molecular complexity index is 1330. The van der Waals surface area contributed by atoms with Gasteiger partial charge < -0.3 is 10.2 Å². The van der Waals surface area contributed by atoms with E-state index in [1.807, 2.05) is 48.5 Å². The van der Waals surface area contributed by atoms with Gasteiger partial charge in [0.25, 0.3) is 0 Å². The number of hydrogen-bond acceptors (Lipinski definition) is 4. The predicted molar refractivity (Wildman–Crippen MR) is 131 cm³/mol. The van der Waals surface area contributed by atoms with Gasteiger partial charge in [-0.3, -0.25) is 9.59 Å². The lowest BCUT2D eigenvalue weighted by Gasteiger charge is -2.11. The highest BCUT2D eigenvalue weighted by Crippen LogP contribution is 2.33. The van der Waals surface area contributed by atoms with Crippen LogP contribution in [0.15, 0.2) is 91.0 Å². The van der Waals surface area contributed by atoms with Gasteiger partial charge in [-0.05, 0) is 69.8 Å². The van der Waals surface area contributed by atoms with E-state index in [4.69, 9.17) is 0 Å². The molecule has 0 saturated carbocycles. The Labute approximate surface area is 192 Å². The maximum absolute atomic E-state index is 12.4. The molecule has 0 unspecified atom stereocenters. The van der Waals surface area contributed by atoms with Crippen molar-refractivity contribution in [2.75, 3.05) is 0 Å². The maximum Gasteiger partial charge on any atom is 0.163 e. The summed E-state index contributed by atoms with van der Waals surface area (Å²) in [6, 6.07) is 25.9. The largest absolute Gasteiger partial charge is 0.508 e. The molecule has 0 aliphatic carbocycles. The van der Waals surface area contributed by atoms with Crippen LogP contribution >= 0.6 is 0 Å². The number of benzene rings is 4. The lowest BCUT2D eigenvalue weighted by molar-refractivity contribution is -0.124. The Morgan fingerprint density at radius 1 is 0.758 bits per heavy atom. The van der Waals surface area contributed by atoms with Crippen molar-refractivity contribution in [3.8, 4) is 22.6 Å². The van der Waals surface area contributed by atoms with Gasteiger partial charge in [-0.25, -0.2) is 0 Å². The summed E-state index contributed by atoms with van der Waals surface area (Å²) in [6.07, 6.45) is 3.68. The molecule has 33 heavy (non-hydrogen) atoms. The van der Waals surface area contributed by atoms with E-state index in [-0.39, 0.29) is 35.9 Å². The second-order valence-electron chi connectivity index (χ2n) is 7.98. The van der Waals surface area contributed by atoms with Crippen LogP contribution in [0.4, 0.5) is 0 Å². The third-order valence-corrected chi connectivity index (χ3v) is 5.56. The van der Waals surface area contributed by atoms with E-state index < -0.39 is 0 Å². The summed E-state index contributed by atoms with van der Waals surface area (Å²) in [5.41, 5.74) is 3.54. The first-order valence-electron chi connectivity index (χ1n) is 10.8. The van der Waals surface area contributed by atoms with Gasteiger partial charge >= 0.3 is 0 Å². The van der Waals surface area contributed by atoms with Crippen LogP contribution in [0.3, 0.4) is 0 Å². The van der Waals surface area contributed by atoms with Gasteiger partial charge in [-0.2, -0.15) is 0 Å². The molecule has 0 aliphatic rings. The fourth-order valence-corrected chi connectivity index (χ4v) is 3.86. The van der Waals surface area contributed by atoms with Crippen LogP contribution in [0.1, 0.15) is 24.0 Å². The van der Waals surface area contributed by atoms with E-state index in [2.05, 4.69) is 0 Å². The van der Waals surface area contributed by atoms with Crippen LogP contribution in [0, 0.1) is 0 Å². The van der Waals surface area contributed by atoms with Crippen molar-refractivity contribution in [2.24, 2.45) is 0 Å². The van der Waals surface area contributed by atoms with E-state index >= 15 is 0 Å². The molecule has 4 aromatic rings. The molecule has 0 spiro atoms. The summed E-state index contributed by atoms with van der Waals surface area (Å²) in [4.78, 5) is 24.7. The molecule has 0 heterocycles. The van der Waals surface area contributed by atoms with Crippen LogP contribution in [-0.2, 0) is 16.0 Å². The molecule has 4 aromatic carbocycles. The van der Waals surface area contributed by atoms with Crippen molar-refractivity contribution < 1.29 is 19.8 Å². The Balaban J connectivity index is 1.48. The smallest absolute Gasteiger partial charge is 0.163 e. The highest BCUT2D eigenvalue weighted by Gasteiger charge is 2.10. The van der Waals surface area contributed by atoms with Crippen molar-refractivity contribution in [3.63, 3.8) is 0 Å². The maximum atomic E-state index is 12.4. The number of phenols is 2. The Morgan fingerprint density at radius 2 is 1.48 bits per heavy atom. The Morgan fingerprint density at radius 3 is 2.30 bits per heavy atom. The fraction of sp³-hybridized carbons (Fsp3) is 0.103. The molecular formula is C29H24O4. The Hall–Kier alpha value is -4.18. The van der Waals surface area contributed by atoms with Crippen molar-refractivity contribution in [3.05, 3.63) is 102 Å². The number of Topliss-reactive ketones (excluding diaryl/α,β-unsaturated/α-hetero) is 1. The molecule has 0 aliphatic heterocycles. The molecule has 164 valence electrons. The number of ketones is 2. The molecule has 0 atom stereocenters. The monoisotopic (exact) mass is 436 g/mol. The van der Waals surface area contributed by atoms with Gasteiger partial charge in [0.05, 0.1) is 6.42 Å². The number of allylic oxidation sites excluding steroid dienone is 1. The quantitative estimate of drug-likeness (QED) is 0.259. The molecule has 0 amide bonds. The first-order chi connectivity index (χ1) is 16.0. The van der Waals surface area contributed by atoms with Gasteiger partial charge in [0.1, 0.15) is 17.3 Å². The third kappa shape index (κ3) is 5.55. The third-order valence-electron chi connectivity index (χ3n) is 5.56. The molecule has 0 saturated heterocycles. The topological polar surface area (TPSA) is 74.6 Å². The summed E-state index contributed by atoms with van der Waals surface area (Å²) in [7, 11) is 0. The number of aryl methyl sites for hydroxylation is 1. The molecule has 4 heteroatoms. The van der Waals surface area contributed by atoms with Gasteiger partial charge in [-0.15, -0.1) is 0 Å². The van der Waals surface area contributed by atoms with Gasteiger partial charge in [0.2, 0.25) is 0 Å². The van der Waals surface area contributed by atoms with Crippen LogP contribution in [-0.4, -0.2) is 21.8 Å². The van der Waals surface area contributed by atoms with Crippen LogP contribution in [0.25, 0.3) is 28.0 Å². The zero-order chi connectivity index (χ0) is 23.2. The van der Waals surface area contributed by atoms with Gasteiger partial charge in [-0.1, -0.05) is 66.7 Å². The van der Waals surface area contributed by atoms with E-state index in [0.717, 1.165) is 27.5 Å². The second-order valence-corrected chi connectivity index (χ2v) is 7.98. The fourth-order valence-electron chi connectivity index (χ4n) is 3.86. The molecule has 4 nitrogen and oxygen atoms in total. The number of aromatic hydroxyl groups is 2. The summed E-state index contributed by atoms with van der Waals surface area (Å²) in [5, 5.41) is 21.5. The SMILES string of the molecule is O=C(C=Cc1cc(O)ccc1-c1cccc2ccccc12)CC(=O)CCc1ccc(O)cc1. The van der Waals surface area contributed by atoms with Crippen LogP contribution in [0.5, 0.6) is 11.5 Å². The lowest BCUT2D eigenvalue weighted by atomic mass is 9.94. The average Bonchev–Trinajstić information content (AvgIpc) is 2.82. The summed E-state index contributed by atoms with van der Waals surface area (Å²) < 4.78 is 0. The molecule has 4 rings (SSSR count). The molecule has 0 fully saturated rings. The minimum atomic E-state index is -0.280. The number of phenolic OH excluding ortho intramolecular Hbond substituents is 2. The molecular weight excluding hydrogens is 412 g/mol. The van der Waals surface area contributed by atoms with Crippen molar-refractivity contribution >= 4 is 28.4 Å². The normalized spacial score (nSPS) is 11.2. The first kappa shape index (κ1) is 22.0. The summed E-state index contributed by atoms with van der Waals surface area (Å²) in [5.74, 6) is -0.128. The molecule has 2 N–H and O–H groups in total. The zero-order valence-electron chi connectivity index (χ0n) is 18.1. The van der Waals surface area contributed by atoms with E-state index in [1.165, 1.54) is 6.08 Å². The summed E-state index contributed by atoms with van der Waals surface area (Å²) >= 11 is 0. The lowest BCUT2D eigenvalue weighted by Crippen LogP contribution is -2.06. The highest BCUT2D eigenvalue weighted by molar-refractivity contribution is 6.07. The summed E-state index contributed by atoms with van der Waals surface area (Å²) in [6.45, 7) is 0. The van der Waals surface area contributed by atoms with Gasteiger partial charge in [0.15, 0.2) is 5.78 Å². The number of rotatable bonds is 8. The molecule has 0 bridgehead atoms. The van der Waals surface area contributed by atoms with Crippen LogP contribution in [0.2, 0.25) is 0 Å². The first-order valence-corrected chi connectivity index (χ1v) is 10.8. The van der Waals surface area contributed by atoms with Crippen molar-refractivity contribution in [2.45, 2.75) is 19.3 Å². The molecule has 0 radical (unpaired) electrons. The van der Waals surface area contributed by atoms with Crippen LogP contribution < -0.4 is 0 Å². The molecule has 0 aromatic heterocycles. The minimum Gasteiger partial charge on any atom is -0.508 e. The van der Waals surface area contributed by atoms with Crippen molar-refractivity contribution in [1.29, 1.82) is 0 Å². The minimum absolute atomic E-state index is 0.107. The zero-order valence-corrected chi connectivity index (χ0v) is 18.1. The number of fused-ring (bicyclic) bond motifs is 1. The van der Waals surface area contributed by atoms with E-state index in [9.17, 15) is 19.8 Å². The standard InChI is InChI=1S/C29H24O4/c30-23-12-8-20(9-13-23)10-14-25(32)19-26(33)15-11-22-18-24(31)16-17-28(22)29-7-3-5-21-4-1-2-6-27(21)29/h1-9,11-13,15-18,30-31H,10,14,19H2. The number of hydrogen-bond donors (Lipinski definition) is 2. The number of carbonyl (C=O) groups excluding carboxylic acids is 2. The van der Waals surface area contributed by atoms with E-state index in [1.54, 1.807) is 42.5 Å².